The van der Waals surface area contributed by atoms with E-state index in [1.54, 1.807) is 6.21 Å². The molecule has 4 heteroatoms. The second-order valence-electron chi connectivity index (χ2n) is 6.12. The van der Waals surface area contributed by atoms with E-state index in [1.165, 1.54) is 16.9 Å². The molecule has 0 spiro atoms. The van der Waals surface area contributed by atoms with E-state index < -0.39 is 0 Å². The average Bonchev–Trinajstić information content (AvgIpc) is 2.74. The zero-order valence-electron chi connectivity index (χ0n) is 13.5. The third-order valence-corrected chi connectivity index (χ3v) is 4.64. The number of halogens is 1. The van der Waals surface area contributed by atoms with Gasteiger partial charge in [0.15, 0.2) is 0 Å². The molecule has 3 rings (SSSR count). The number of nitrogens with zero attached hydrogens (tertiary/aromatic N) is 2. The Balaban J connectivity index is 1.81. The monoisotopic (exact) mass is 325 g/mol. The molecule has 118 valence electrons. The van der Waals surface area contributed by atoms with Crippen LogP contribution in [-0.2, 0) is 5.41 Å². The zero-order valence-corrected chi connectivity index (χ0v) is 14.3. The third kappa shape index (κ3) is 2.84. The van der Waals surface area contributed by atoms with Crippen LogP contribution in [0.25, 0.3) is 0 Å². The maximum atomic E-state index is 6.10. The first-order chi connectivity index (χ1) is 11.0. The molecule has 1 aliphatic heterocycles. The van der Waals surface area contributed by atoms with Crippen molar-refractivity contribution in [1.82, 2.24) is 0 Å². The van der Waals surface area contributed by atoms with Gasteiger partial charge in [-0.2, -0.15) is 5.10 Å². The summed E-state index contributed by atoms with van der Waals surface area (Å²) in [5, 5.41) is 4.92. The number of benzene rings is 2. The van der Waals surface area contributed by atoms with Gasteiger partial charge >= 0.3 is 0 Å². The SMILES string of the molecule is CN1/C(=C\C=N\Nc2ccccc2Cl)C(C)(C)c2ccccc21. The molecule has 0 saturated heterocycles. The van der Waals surface area contributed by atoms with Crippen LogP contribution in [0.2, 0.25) is 5.02 Å². The maximum Gasteiger partial charge on any atom is 0.0748 e. The first-order valence-electron chi connectivity index (χ1n) is 7.59. The molecule has 0 atom stereocenters. The molecule has 1 aliphatic rings. The van der Waals surface area contributed by atoms with Gasteiger partial charge in [-0.15, -0.1) is 0 Å². The summed E-state index contributed by atoms with van der Waals surface area (Å²) in [7, 11) is 2.09. The van der Waals surface area contributed by atoms with Crippen molar-refractivity contribution < 1.29 is 0 Å². The summed E-state index contributed by atoms with van der Waals surface area (Å²) in [6, 6.07) is 16.0. The number of nitrogens with one attached hydrogen (secondary N) is 1. The van der Waals surface area contributed by atoms with Gasteiger partial charge in [-0.05, 0) is 29.8 Å². The molecule has 0 bridgehead atoms. The van der Waals surface area contributed by atoms with Crippen LogP contribution in [0, 0.1) is 0 Å². The van der Waals surface area contributed by atoms with Gasteiger partial charge in [0.1, 0.15) is 0 Å². The summed E-state index contributed by atoms with van der Waals surface area (Å²) >= 11 is 6.10. The minimum atomic E-state index is -0.0399. The van der Waals surface area contributed by atoms with Crippen molar-refractivity contribution in [1.29, 1.82) is 0 Å². The lowest BCUT2D eigenvalue weighted by Gasteiger charge is -2.23. The third-order valence-electron chi connectivity index (χ3n) is 4.31. The first kappa shape index (κ1) is 15.6. The molecule has 1 N–H and O–H groups in total. The van der Waals surface area contributed by atoms with Gasteiger partial charge in [-0.3, -0.25) is 5.43 Å². The lowest BCUT2D eigenvalue weighted by Crippen LogP contribution is -2.23. The van der Waals surface area contributed by atoms with Crippen LogP contribution >= 0.6 is 11.6 Å². The second kappa shape index (κ2) is 6.09. The van der Waals surface area contributed by atoms with Crippen molar-refractivity contribution >= 4 is 29.2 Å². The number of fused-ring (bicyclic) bond motifs is 1. The Bertz CT molecular complexity index is 778. The molecular formula is C19H20ClN3. The fraction of sp³-hybridized carbons (Fsp3) is 0.211. The van der Waals surface area contributed by atoms with Crippen molar-refractivity contribution in [2.45, 2.75) is 19.3 Å². The van der Waals surface area contributed by atoms with Crippen LogP contribution in [0.3, 0.4) is 0 Å². The van der Waals surface area contributed by atoms with Gasteiger partial charge in [-0.25, -0.2) is 0 Å². The number of allylic oxidation sites excluding steroid dienone is 2. The Morgan fingerprint density at radius 3 is 2.52 bits per heavy atom. The van der Waals surface area contributed by atoms with Crippen LogP contribution < -0.4 is 10.3 Å². The van der Waals surface area contributed by atoms with E-state index in [4.69, 9.17) is 11.6 Å². The standard InChI is InChI=1S/C19H20ClN3/c1-19(2)14-8-4-7-11-17(14)23(3)18(19)12-13-21-22-16-10-6-5-9-15(16)20/h4-13,22H,1-3H3/b18-12-,21-13+. The lowest BCUT2D eigenvalue weighted by atomic mass is 9.84. The van der Waals surface area contributed by atoms with Crippen molar-refractivity contribution in [3.05, 3.63) is 70.9 Å². The quantitative estimate of drug-likeness (QED) is 0.631. The van der Waals surface area contributed by atoms with Crippen LogP contribution in [0.5, 0.6) is 0 Å². The molecule has 0 unspecified atom stereocenters. The predicted octanol–water partition coefficient (Wildman–Crippen LogP) is 5.05. The number of likely N-dealkylation sites (N-methyl/N-ethyl adjacent to an activating group) is 1. The highest BCUT2D eigenvalue weighted by molar-refractivity contribution is 6.33. The zero-order chi connectivity index (χ0) is 16.4. The number of para-hydroxylation sites is 2. The Morgan fingerprint density at radius 2 is 1.78 bits per heavy atom. The molecule has 0 radical (unpaired) electrons. The summed E-state index contributed by atoms with van der Waals surface area (Å²) in [5.41, 5.74) is 7.52. The largest absolute Gasteiger partial charge is 0.347 e. The highest BCUT2D eigenvalue weighted by Crippen LogP contribution is 2.46. The molecule has 0 fully saturated rings. The predicted molar refractivity (Wildman–Crippen MR) is 99.5 cm³/mol. The van der Waals surface area contributed by atoms with Gasteiger partial charge in [0.05, 0.1) is 10.7 Å². The molecule has 0 aromatic heterocycles. The van der Waals surface area contributed by atoms with Gasteiger partial charge in [0.25, 0.3) is 0 Å². The van der Waals surface area contributed by atoms with Crippen molar-refractivity contribution in [3.8, 4) is 0 Å². The molecule has 0 aliphatic carbocycles. The molecule has 2 aromatic carbocycles. The van der Waals surface area contributed by atoms with Gasteiger partial charge in [0.2, 0.25) is 0 Å². The van der Waals surface area contributed by atoms with E-state index >= 15 is 0 Å². The van der Waals surface area contributed by atoms with Gasteiger partial charge in [-0.1, -0.05) is 55.8 Å². The Kier molecular flexibility index (Phi) is 4.14. The van der Waals surface area contributed by atoms with Crippen LogP contribution in [-0.4, -0.2) is 13.3 Å². The molecule has 3 nitrogen and oxygen atoms in total. The van der Waals surface area contributed by atoms with Gasteiger partial charge < -0.3 is 4.90 Å². The van der Waals surface area contributed by atoms with Crippen LogP contribution in [0.4, 0.5) is 11.4 Å². The summed E-state index contributed by atoms with van der Waals surface area (Å²) in [6.07, 6.45) is 3.83. The smallest absolute Gasteiger partial charge is 0.0748 e. The van der Waals surface area contributed by atoms with Crippen molar-refractivity contribution in [2.24, 2.45) is 5.10 Å². The number of hydrogen-bond acceptors (Lipinski definition) is 3. The average molecular weight is 326 g/mol. The summed E-state index contributed by atoms with van der Waals surface area (Å²) < 4.78 is 0. The summed E-state index contributed by atoms with van der Waals surface area (Å²) in [5.74, 6) is 0. The van der Waals surface area contributed by atoms with E-state index in [2.05, 4.69) is 60.6 Å². The number of hydrazone groups is 1. The van der Waals surface area contributed by atoms with E-state index in [0.29, 0.717) is 5.02 Å². The number of hydrogen-bond donors (Lipinski definition) is 1. The van der Waals surface area contributed by atoms with Crippen LogP contribution in [0.15, 0.2) is 65.4 Å². The van der Waals surface area contributed by atoms with Gasteiger partial charge in [0, 0.05) is 30.1 Å². The normalized spacial score (nSPS) is 17.7. The van der Waals surface area contributed by atoms with E-state index in [0.717, 1.165) is 5.69 Å². The maximum absolute atomic E-state index is 6.10. The molecular weight excluding hydrogens is 306 g/mol. The molecule has 0 amide bonds. The lowest BCUT2D eigenvalue weighted by molar-refractivity contribution is 0.641. The number of rotatable bonds is 3. The molecule has 23 heavy (non-hydrogen) atoms. The molecule has 2 aromatic rings. The highest BCUT2D eigenvalue weighted by Gasteiger charge is 2.37. The topological polar surface area (TPSA) is 27.6 Å². The fourth-order valence-electron chi connectivity index (χ4n) is 3.07. The van der Waals surface area contributed by atoms with E-state index in [-0.39, 0.29) is 5.41 Å². The molecule has 0 saturated carbocycles. The van der Waals surface area contributed by atoms with Crippen molar-refractivity contribution in [2.75, 3.05) is 17.4 Å². The fourth-order valence-corrected chi connectivity index (χ4v) is 3.25. The number of anilines is 2. The van der Waals surface area contributed by atoms with Crippen molar-refractivity contribution in [3.63, 3.8) is 0 Å². The Morgan fingerprint density at radius 1 is 1.09 bits per heavy atom. The second-order valence-corrected chi connectivity index (χ2v) is 6.53. The van der Waals surface area contributed by atoms with E-state index in [9.17, 15) is 0 Å². The highest BCUT2D eigenvalue weighted by atomic mass is 35.5. The first-order valence-corrected chi connectivity index (χ1v) is 7.97. The minimum absolute atomic E-state index is 0.0399. The Labute approximate surface area is 142 Å². The Hall–Kier alpha value is -2.26. The summed E-state index contributed by atoms with van der Waals surface area (Å²) in [4.78, 5) is 2.22. The summed E-state index contributed by atoms with van der Waals surface area (Å²) in [6.45, 7) is 4.47. The van der Waals surface area contributed by atoms with Crippen LogP contribution in [0.1, 0.15) is 19.4 Å². The van der Waals surface area contributed by atoms with E-state index in [1.807, 2.05) is 30.3 Å². The minimum Gasteiger partial charge on any atom is -0.347 e. The molecule has 1 heterocycles.